The first-order valence-corrected chi connectivity index (χ1v) is 10.0. The molecule has 6 nitrogen and oxygen atoms in total. The Bertz CT molecular complexity index is 857. The third kappa shape index (κ3) is 5.22. The summed E-state index contributed by atoms with van der Waals surface area (Å²) < 4.78 is 1.95. The molecule has 1 amide bonds. The molecule has 2 atom stereocenters. The number of rotatable bonds is 3. The number of amides is 1. The van der Waals surface area contributed by atoms with Crippen LogP contribution < -0.4 is 10.6 Å². The normalized spacial score (nSPS) is 19.6. The Morgan fingerprint density at radius 2 is 1.97 bits per heavy atom. The number of nitrogens with zero attached hydrogens (tertiary/aromatic N) is 3. The summed E-state index contributed by atoms with van der Waals surface area (Å²) in [7, 11) is 0. The standard InChI is InChI=1S/C21H33N5O.2ClH/c1-12(2)17-11-15(20(27)24-16-9-8-10-22-13(16)3)18-14(4)25-26(19(18)23-17)21(5,6)7;;/h11-13,16,22H,8-10H2,1-7H3,(H,24,27);2*1H. The molecule has 0 saturated carbocycles. The number of piperidine rings is 1. The van der Waals surface area contributed by atoms with Crippen LogP contribution in [-0.4, -0.2) is 39.3 Å². The molecule has 1 aliphatic rings. The summed E-state index contributed by atoms with van der Waals surface area (Å²) in [5.74, 6) is 0.209. The number of hydrogen-bond acceptors (Lipinski definition) is 4. The molecular formula is C21H35Cl2N5O. The van der Waals surface area contributed by atoms with E-state index in [-0.39, 0.29) is 54.3 Å². The quantitative estimate of drug-likeness (QED) is 0.739. The Kier molecular flexibility index (Phi) is 8.52. The Morgan fingerprint density at radius 1 is 1.31 bits per heavy atom. The molecule has 8 heteroatoms. The molecule has 164 valence electrons. The number of aryl methyl sites for hydroxylation is 1. The molecule has 3 rings (SSSR count). The van der Waals surface area contributed by atoms with Gasteiger partial charge in [-0.25, -0.2) is 9.67 Å². The van der Waals surface area contributed by atoms with Crippen LogP contribution in [0.2, 0.25) is 0 Å². The average molecular weight is 444 g/mol. The molecule has 1 saturated heterocycles. The van der Waals surface area contributed by atoms with Crippen LogP contribution >= 0.6 is 24.8 Å². The fourth-order valence-electron chi connectivity index (χ4n) is 3.74. The van der Waals surface area contributed by atoms with Crippen molar-refractivity contribution in [1.29, 1.82) is 0 Å². The Balaban J connectivity index is 0.00000210. The van der Waals surface area contributed by atoms with Crippen LogP contribution in [0.4, 0.5) is 0 Å². The fourth-order valence-corrected chi connectivity index (χ4v) is 3.74. The largest absolute Gasteiger partial charge is 0.348 e. The minimum Gasteiger partial charge on any atom is -0.348 e. The topological polar surface area (TPSA) is 71.8 Å². The van der Waals surface area contributed by atoms with E-state index in [9.17, 15) is 4.79 Å². The number of aromatic nitrogens is 3. The van der Waals surface area contributed by atoms with E-state index in [4.69, 9.17) is 10.1 Å². The molecule has 29 heavy (non-hydrogen) atoms. The summed E-state index contributed by atoms with van der Waals surface area (Å²) in [6.07, 6.45) is 2.09. The summed E-state index contributed by atoms with van der Waals surface area (Å²) in [6.45, 7) is 15.6. The molecular weight excluding hydrogens is 409 g/mol. The first-order valence-electron chi connectivity index (χ1n) is 10.0. The predicted octanol–water partition coefficient (Wildman–Crippen LogP) is 4.33. The van der Waals surface area contributed by atoms with Gasteiger partial charge in [-0.3, -0.25) is 4.79 Å². The maximum atomic E-state index is 13.3. The highest BCUT2D eigenvalue weighted by Crippen LogP contribution is 2.29. The van der Waals surface area contributed by atoms with Crippen LogP contribution in [0.1, 0.15) is 82.0 Å². The van der Waals surface area contributed by atoms with E-state index in [1.54, 1.807) is 0 Å². The van der Waals surface area contributed by atoms with E-state index in [0.29, 0.717) is 5.56 Å². The second-order valence-electron chi connectivity index (χ2n) is 9.08. The van der Waals surface area contributed by atoms with Gasteiger partial charge in [0.15, 0.2) is 5.65 Å². The monoisotopic (exact) mass is 443 g/mol. The second kappa shape index (κ2) is 9.63. The molecule has 3 heterocycles. The Hall–Kier alpha value is -1.37. The van der Waals surface area contributed by atoms with Gasteiger partial charge in [-0.15, -0.1) is 24.8 Å². The summed E-state index contributed by atoms with van der Waals surface area (Å²) in [6, 6.07) is 2.38. The van der Waals surface area contributed by atoms with Crippen molar-refractivity contribution in [3.05, 3.63) is 23.0 Å². The number of fused-ring (bicyclic) bond motifs is 1. The number of carbonyl (C=O) groups is 1. The maximum absolute atomic E-state index is 13.3. The molecule has 0 bridgehead atoms. The number of halogens is 2. The van der Waals surface area contributed by atoms with E-state index in [1.165, 1.54) is 0 Å². The molecule has 1 fully saturated rings. The van der Waals surface area contributed by atoms with Gasteiger partial charge in [0.2, 0.25) is 0 Å². The lowest BCUT2D eigenvalue weighted by molar-refractivity contribution is 0.0921. The van der Waals surface area contributed by atoms with E-state index >= 15 is 0 Å². The summed E-state index contributed by atoms with van der Waals surface area (Å²) in [4.78, 5) is 18.1. The number of hydrogen-bond donors (Lipinski definition) is 2. The van der Waals surface area contributed by atoms with Crippen molar-refractivity contribution >= 4 is 41.8 Å². The molecule has 0 spiro atoms. The average Bonchev–Trinajstić information content (AvgIpc) is 2.93. The Labute approximate surface area is 186 Å². The van der Waals surface area contributed by atoms with Gasteiger partial charge in [0.25, 0.3) is 5.91 Å². The lowest BCUT2D eigenvalue weighted by Gasteiger charge is -2.30. The first-order chi connectivity index (χ1) is 12.6. The van der Waals surface area contributed by atoms with Gasteiger partial charge in [0.1, 0.15) is 0 Å². The molecule has 2 aromatic rings. The van der Waals surface area contributed by atoms with Crippen LogP contribution in [0.5, 0.6) is 0 Å². The molecule has 2 N–H and O–H groups in total. The second-order valence-corrected chi connectivity index (χ2v) is 9.08. The zero-order valence-corrected chi connectivity index (χ0v) is 20.1. The van der Waals surface area contributed by atoms with Crippen molar-refractivity contribution in [1.82, 2.24) is 25.4 Å². The lowest BCUT2D eigenvalue weighted by atomic mass is 9.98. The third-order valence-corrected chi connectivity index (χ3v) is 5.38. The SMILES string of the molecule is Cc1nn(C(C)(C)C)c2nc(C(C)C)cc(C(=O)NC3CCCNC3C)c12.Cl.Cl. The number of nitrogens with one attached hydrogen (secondary N) is 2. The lowest BCUT2D eigenvalue weighted by Crippen LogP contribution is -2.51. The number of pyridine rings is 1. The van der Waals surface area contributed by atoms with Gasteiger partial charge < -0.3 is 10.6 Å². The highest BCUT2D eigenvalue weighted by Gasteiger charge is 2.28. The fraction of sp³-hybridized carbons (Fsp3) is 0.667. The van der Waals surface area contributed by atoms with Crippen LogP contribution in [0.25, 0.3) is 11.0 Å². The van der Waals surface area contributed by atoms with E-state index in [0.717, 1.165) is 41.8 Å². The number of carbonyl (C=O) groups excluding carboxylic acids is 1. The van der Waals surface area contributed by atoms with Crippen molar-refractivity contribution in [3.63, 3.8) is 0 Å². The van der Waals surface area contributed by atoms with Gasteiger partial charge in [0, 0.05) is 17.8 Å². The van der Waals surface area contributed by atoms with Gasteiger partial charge in [0.05, 0.1) is 22.2 Å². The van der Waals surface area contributed by atoms with Crippen LogP contribution in [0.3, 0.4) is 0 Å². The van der Waals surface area contributed by atoms with E-state index in [1.807, 2.05) is 17.7 Å². The highest BCUT2D eigenvalue weighted by molar-refractivity contribution is 6.06. The molecule has 0 aliphatic carbocycles. The third-order valence-electron chi connectivity index (χ3n) is 5.38. The van der Waals surface area contributed by atoms with Crippen molar-refractivity contribution in [2.75, 3.05) is 6.54 Å². The van der Waals surface area contributed by atoms with Crippen LogP contribution in [0, 0.1) is 6.92 Å². The molecule has 0 aromatic carbocycles. The van der Waals surface area contributed by atoms with Gasteiger partial charge in [-0.05, 0) is 66.0 Å². The van der Waals surface area contributed by atoms with Gasteiger partial charge in [-0.2, -0.15) is 5.10 Å². The van der Waals surface area contributed by atoms with Crippen molar-refractivity contribution in [3.8, 4) is 0 Å². The van der Waals surface area contributed by atoms with Gasteiger partial charge >= 0.3 is 0 Å². The predicted molar refractivity (Wildman–Crippen MR) is 124 cm³/mol. The minimum absolute atomic E-state index is 0. The highest BCUT2D eigenvalue weighted by atomic mass is 35.5. The molecule has 2 aromatic heterocycles. The van der Waals surface area contributed by atoms with E-state index < -0.39 is 0 Å². The van der Waals surface area contributed by atoms with Crippen molar-refractivity contribution in [2.45, 2.75) is 84.8 Å². The summed E-state index contributed by atoms with van der Waals surface area (Å²) in [5.41, 5.74) is 3.06. The first kappa shape index (κ1) is 25.7. The summed E-state index contributed by atoms with van der Waals surface area (Å²) >= 11 is 0. The van der Waals surface area contributed by atoms with Crippen LogP contribution in [-0.2, 0) is 5.54 Å². The summed E-state index contributed by atoms with van der Waals surface area (Å²) in [5, 5.41) is 12.3. The Morgan fingerprint density at radius 3 is 2.52 bits per heavy atom. The van der Waals surface area contributed by atoms with Crippen molar-refractivity contribution in [2.24, 2.45) is 0 Å². The van der Waals surface area contributed by atoms with E-state index in [2.05, 4.69) is 52.2 Å². The van der Waals surface area contributed by atoms with Gasteiger partial charge in [-0.1, -0.05) is 13.8 Å². The zero-order valence-electron chi connectivity index (χ0n) is 18.5. The smallest absolute Gasteiger partial charge is 0.252 e. The zero-order chi connectivity index (χ0) is 19.9. The maximum Gasteiger partial charge on any atom is 0.252 e. The van der Waals surface area contributed by atoms with Crippen molar-refractivity contribution < 1.29 is 4.79 Å². The molecule has 0 radical (unpaired) electrons. The minimum atomic E-state index is -0.204. The van der Waals surface area contributed by atoms with Crippen LogP contribution in [0.15, 0.2) is 6.07 Å². The molecule has 2 unspecified atom stereocenters. The molecule has 1 aliphatic heterocycles.